The maximum Gasteiger partial charge on any atom is 0.224 e. The van der Waals surface area contributed by atoms with Gasteiger partial charge in [-0.05, 0) is 19.4 Å². The molecule has 1 saturated heterocycles. The highest BCUT2D eigenvalue weighted by molar-refractivity contribution is 5.78. The lowest BCUT2D eigenvalue weighted by Crippen LogP contribution is -2.44. The summed E-state index contributed by atoms with van der Waals surface area (Å²) in [5.74, 6) is 0.254. The minimum atomic E-state index is 0.107. The van der Waals surface area contributed by atoms with E-state index in [1.54, 1.807) is 7.05 Å². The fourth-order valence-corrected chi connectivity index (χ4v) is 1.72. The Morgan fingerprint density at radius 2 is 2.33 bits per heavy atom. The highest BCUT2D eigenvalue weighted by Gasteiger charge is 2.23. The third-order valence-electron chi connectivity index (χ3n) is 2.61. The second kappa shape index (κ2) is 4.45. The lowest BCUT2D eigenvalue weighted by Gasteiger charge is -2.27. The molecule has 3 nitrogen and oxygen atoms in total. The third-order valence-corrected chi connectivity index (χ3v) is 2.61. The predicted molar refractivity (Wildman–Crippen MR) is 48.9 cm³/mol. The minimum Gasteiger partial charge on any atom is -0.359 e. The molecule has 3 heteroatoms. The normalized spacial score (nSPS) is 26.3. The van der Waals surface area contributed by atoms with E-state index in [1.807, 2.05) is 6.92 Å². The first-order valence-electron chi connectivity index (χ1n) is 4.70. The lowest BCUT2D eigenvalue weighted by atomic mass is 9.93. The van der Waals surface area contributed by atoms with Crippen molar-refractivity contribution in [2.45, 2.75) is 32.2 Å². The fraction of sp³-hybridized carbons (Fsp3) is 0.889. The summed E-state index contributed by atoms with van der Waals surface area (Å²) >= 11 is 0. The average molecular weight is 170 g/mol. The second-order valence-corrected chi connectivity index (χ2v) is 3.46. The summed E-state index contributed by atoms with van der Waals surface area (Å²) in [4.78, 5) is 11.3. The molecule has 1 heterocycles. The van der Waals surface area contributed by atoms with E-state index in [1.165, 1.54) is 12.8 Å². The molecule has 0 aliphatic carbocycles. The van der Waals surface area contributed by atoms with Crippen LogP contribution in [0.25, 0.3) is 0 Å². The Balaban J connectivity index is 2.39. The summed E-state index contributed by atoms with van der Waals surface area (Å²) in [6, 6.07) is 0.388. The van der Waals surface area contributed by atoms with Crippen LogP contribution in [0.1, 0.15) is 26.2 Å². The molecule has 0 aromatic carbocycles. The molecule has 2 atom stereocenters. The van der Waals surface area contributed by atoms with Gasteiger partial charge in [-0.1, -0.05) is 13.3 Å². The van der Waals surface area contributed by atoms with Gasteiger partial charge < -0.3 is 10.6 Å². The molecule has 0 aromatic heterocycles. The van der Waals surface area contributed by atoms with E-state index in [0.717, 1.165) is 13.0 Å². The van der Waals surface area contributed by atoms with Crippen LogP contribution < -0.4 is 10.6 Å². The van der Waals surface area contributed by atoms with Crippen LogP contribution in [0.4, 0.5) is 0 Å². The Hall–Kier alpha value is -0.570. The zero-order chi connectivity index (χ0) is 8.97. The van der Waals surface area contributed by atoms with Gasteiger partial charge in [0.15, 0.2) is 0 Å². The molecule has 1 aliphatic rings. The smallest absolute Gasteiger partial charge is 0.224 e. The average Bonchev–Trinajstić information content (AvgIpc) is 2.17. The maximum absolute atomic E-state index is 11.3. The number of hydrogen-bond acceptors (Lipinski definition) is 2. The topological polar surface area (TPSA) is 41.1 Å². The molecule has 0 spiro atoms. The van der Waals surface area contributed by atoms with E-state index in [4.69, 9.17) is 0 Å². The molecule has 0 radical (unpaired) electrons. The van der Waals surface area contributed by atoms with Gasteiger partial charge in [0, 0.05) is 13.1 Å². The van der Waals surface area contributed by atoms with Gasteiger partial charge in [0.25, 0.3) is 0 Å². The zero-order valence-electron chi connectivity index (χ0n) is 7.89. The molecule has 0 bridgehead atoms. The molecule has 0 saturated carbocycles. The molecule has 1 fully saturated rings. The van der Waals surface area contributed by atoms with Crippen molar-refractivity contribution in [2.75, 3.05) is 13.6 Å². The molecule has 1 rings (SSSR count). The highest BCUT2D eigenvalue weighted by Crippen LogP contribution is 2.14. The molecule has 1 amide bonds. The first-order chi connectivity index (χ1) is 5.75. The van der Waals surface area contributed by atoms with E-state index < -0.39 is 0 Å². The van der Waals surface area contributed by atoms with Crippen molar-refractivity contribution >= 4 is 5.91 Å². The van der Waals surface area contributed by atoms with Gasteiger partial charge in [-0.25, -0.2) is 0 Å². The number of piperidine rings is 1. The molecule has 1 aliphatic heterocycles. The molecule has 70 valence electrons. The van der Waals surface area contributed by atoms with Gasteiger partial charge >= 0.3 is 0 Å². The van der Waals surface area contributed by atoms with Crippen LogP contribution in [0, 0.1) is 5.92 Å². The van der Waals surface area contributed by atoms with Crippen LogP contribution in [0.3, 0.4) is 0 Å². The van der Waals surface area contributed by atoms with E-state index in [9.17, 15) is 4.79 Å². The third kappa shape index (κ3) is 2.21. The molecule has 12 heavy (non-hydrogen) atoms. The minimum absolute atomic E-state index is 0.107. The quantitative estimate of drug-likeness (QED) is 0.634. The molecular formula is C9H18N2O. The van der Waals surface area contributed by atoms with Crippen LogP contribution in [-0.2, 0) is 4.79 Å². The number of nitrogens with one attached hydrogen (secondary N) is 2. The van der Waals surface area contributed by atoms with Gasteiger partial charge in [-0.15, -0.1) is 0 Å². The summed E-state index contributed by atoms with van der Waals surface area (Å²) in [5.41, 5.74) is 0. The van der Waals surface area contributed by atoms with Crippen molar-refractivity contribution in [3.05, 3.63) is 0 Å². The van der Waals surface area contributed by atoms with Crippen molar-refractivity contribution in [1.82, 2.24) is 10.6 Å². The van der Waals surface area contributed by atoms with Crippen LogP contribution in [0.15, 0.2) is 0 Å². The van der Waals surface area contributed by atoms with Crippen LogP contribution >= 0.6 is 0 Å². The Bertz CT molecular complexity index is 153. The molecule has 0 aromatic rings. The Labute approximate surface area is 73.9 Å². The Kier molecular flexibility index (Phi) is 3.53. The summed E-state index contributed by atoms with van der Waals surface area (Å²) in [6.07, 6.45) is 3.63. The number of carbonyl (C=O) groups excluding carboxylic acids is 1. The standard InChI is InChI=1S/C9H18N2O/c1-7(9(12)10-2)8-5-3-4-6-11-8/h7-8,11H,3-6H2,1-2H3,(H,10,12)/t7-,8-/m0/s1. The largest absolute Gasteiger partial charge is 0.359 e. The van der Waals surface area contributed by atoms with Gasteiger partial charge in [0.05, 0.1) is 5.92 Å². The van der Waals surface area contributed by atoms with Crippen molar-refractivity contribution < 1.29 is 4.79 Å². The molecular weight excluding hydrogens is 152 g/mol. The predicted octanol–water partition coefficient (Wildman–Crippen LogP) is 0.511. The molecule has 2 N–H and O–H groups in total. The number of rotatable bonds is 2. The van der Waals surface area contributed by atoms with Crippen LogP contribution in [0.5, 0.6) is 0 Å². The van der Waals surface area contributed by atoms with E-state index >= 15 is 0 Å². The van der Waals surface area contributed by atoms with E-state index in [0.29, 0.717) is 6.04 Å². The number of carbonyl (C=O) groups is 1. The monoisotopic (exact) mass is 170 g/mol. The summed E-state index contributed by atoms with van der Waals surface area (Å²) < 4.78 is 0. The van der Waals surface area contributed by atoms with Crippen molar-refractivity contribution in [3.63, 3.8) is 0 Å². The van der Waals surface area contributed by atoms with Crippen molar-refractivity contribution in [3.8, 4) is 0 Å². The van der Waals surface area contributed by atoms with E-state index in [2.05, 4.69) is 10.6 Å². The second-order valence-electron chi connectivity index (χ2n) is 3.46. The summed E-state index contributed by atoms with van der Waals surface area (Å²) in [6.45, 7) is 3.05. The SMILES string of the molecule is CNC(=O)[C@@H](C)[C@@H]1CCCCN1. The number of amides is 1. The zero-order valence-corrected chi connectivity index (χ0v) is 7.89. The fourth-order valence-electron chi connectivity index (χ4n) is 1.72. The summed E-state index contributed by atoms with van der Waals surface area (Å²) in [5, 5.41) is 6.06. The first-order valence-corrected chi connectivity index (χ1v) is 4.70. The maximum atomic E-state index is 11.3. The van der Waals surface area contributed by atoms with Crippen molar-refractivity contribution in [2.24, 2.45) is 5.92 Å². The van der Waals surface area contributed by atoms with Crippen LogP contribution in [0.2, 0.25) is 0 Å². The van der Waals surface area contributed by atoms with E-state index in [-0.39, 0.29) is 11.8 Å². The lowest BCUT2D eigenvalue weighted by molar-refractivity contribution is -0.125. The number of hydrogen-bond donors (Lipinski definition) is 2. The summed E-state index contributed by atoms with van der Waals surface area (Å²) in [7, 11) is 1.70. The highest BCUT2D eigenvalue weighted by atomic mass is 16.1. The van der Waals surface area contributed by atoms with Crippen molar-refractivity contribution in [1.29, 1.82) is 0 Å². The van der Waals surface area contributed by atoms with Gasteiger partial charge in [-0.3, -0.25) is 4.79 Å². The van der Waals surface area contributed by atoms with Crippen LogP contribution in [-0.4, -0.2) is 25.5 Å². The molecule has 0 unspecified atom stereocenters. The first kappa shape index (κ1) is 9.52. The van der Waals surface area contributed by atoms with Gasteiger partial charge in [-0.2, -0.15) is 0 Å². The Morgan fingerprint density at radius 3 is 2.83 bits per heavy atom. The van der Waals surface area contributed by atoms with Gasteiger partial charge in [0.2, 0.25) is 5.91 Å². The Morgan fingerprint density at radius 1 is 1.58 bits per heavy atom. The van der Waals surface area contributed by atoms with Gasteiger partial charge in [0.1, 0.15) is 0 Å².